The molecule has 0 aliphatic heterocycles. The Kier molecular flexibility index (Phi) is 7.74. The molecule has 164 valence electrons. The fraction of sp³-hybridized carbons (Fsp3) is 0.320. The highest BCUT2D eigenvalue weighted by atomic mass is 35.5. The zero-order chi connectivity index (χ0) is 22.4. The van der Waals surface area contributed by atoms with E-state index in [1.807, 2.05) is 49.3 Å². The van der Waals surface area contributed by atoms with Crippen LogP contribution in [0.4, 0.5) is 5.69 Å². The zero-order valence-electron chi connectivity index (χ0n) is 18.0. The van der Waals surface area contributed by atoms with Crippen molar-refractivity contribution in [3.05, 3.63) is 71.2 Å². The first kappa shape index (κ1) is 23.3. The fourth-order valence-electron chi connectivity index (χ4n) is 3.77. The Morgan fingerprint density at radius 3 is 2.29 bits per heavy atom. The second-order valence-electron chi connectivity index (χ2n) is 7.94. The van der Waals surface area contributed by atoms with Crippen LogP contribution < -0.4 is 4.90 Å². The quantitative estimate of drug-likeness (QED) is 0.270. The fourth-order valence-corrected chi connectivity index (χ4v) is 5.57. The van der Waals surface area contributed by atoms with E-state index in [0.29, 0.717) is 28.3 Å². The molecule has 3 aromatic rings. The van der Waals surface area contributed by atoms with Gasteiger partial charge in [0, 0.05) is 47.6 Å². The third kappa shape index (κ3) is 5.86. The number of hydrogen-bond donors (Lipinski definition) is 0. The number of hydrogen-bond acceptors (Lipinski definition) is 4. The summed E-state index contributed by atoms with van der Waals surface area (Å²) in [5, 5.41) is 2.26. The first-order chi connectivity index (χ1) is 14.8. The molecule has 0 bridgehead atoms. The van der Waals surface area contributed by atoms with Gasteiger partial charge in [-0.15, -0.1) is 0 Å². The van der Waals surface area contributed by atoms with Gasteiger partial charge in [-0.3, -0.25) is 4.79 Å². The maximum Gasteiger partial charge on any atom is 0.178 e. The average molecular weight is 458 g/mol. The Labute approximate surface area is 189 Å². The number of fused-ring (bicyclic) bond motifs is 1. The van der Waals surface area contributed by atoms with Crippen LogP contribution >= 0.6 is 11.6 Å². The molecule has 31 heavy (non-hydrogen) atoms. The number of rotatable bonds is 10. The van der Waals surface area contributed by atoms with Crippen LogP contribution in [0.25, 0.3) is 10.8 Å². The molecular formula is C25H28ClNO3S. The van der Waals surface area contributed by atoms with Gasteiger partial charge in [-0.05, 0) is 37.1 Å². The third-order valence-electron chi connectivity index (χ3n) is 5.39. The molecule has 0 aromatic heterocycles. The summed E-state index contributed by atoms with van der Waals surface area (Å²) in [5.41, 5.74) is 1.63. The van der Waals surface area contributed by atoms with Gasteiger partial charge < -0.3 is 4.90 Å². The smallest absolute Gasteiger partial charge is 0.178 e. The van der Waals surface area contributed by atoms with E-state index < -0.39 is 9.84 Å². The number of ketones is 1. The van der Waals surface area contributed by atoms with Gasteiger partial charge in [-0.2, -0.15) is 0 Å². The molecule has 0 heterocycles. The highest BCUT2D eigenvalue weighted by Crippen LogP contribution is 2.31. The molecule has 0 radical (unpaired) electrons. The Bertz CT molecular complexity index is 1170. The van der Waals surface area contributed by atoms with Crippen LogP contribution in [0.5, 0.6) is 0 Å². The standard InChI is InChI=1S/C25H28ClNO3S/c1-27(2)23-14-8-13-22-21(23)12-9-16-25(22)31(29,30)17-6-4-3-5-15-24(28)19-10-7-11-20(26)18-19/h7-14,16,18H,3-6,15,17H2,1-2H3. The van der Waals surface area contributed by atoms with Crippen molar-refractivity contribution in [3.8, 4) is 0 Å². The predicted molar refractivity (Wildman–Crippen MR) is 129 cm³/mol. The SMILES string of the molecule is CN(C)c1cccc2c(S(=O)(=O)CCCCCCC(=O)c3cccc(Cl)c3)cccc12. The highest BCUT2D eigenvalue weighted by Gasteiger charge is 2.18. The largest absolute Gasteiger partial charge is 0.377 e. The number of nitrogens with zero attached hydrogens (tertiary/aromatic N) is 1. The van der Waals surface area contributed by atoms with Gasteiger partial charge in [0.15, 0.2) is 15.6 Å². The minimum atomic E-state index is -3.38. The lowest BCUT2D eigenvalue weighted by atomic mass is 10.0. The number of Topliss-reactive ketones (excluding diaryl/α,β-unsaturated/α-hetero) is 1. The third-order valence-corrected chi connectivity index (χ3v) is 7.48. The van der Waals surface area contributed by atoms with Gasteiger partial charge >= 0.3 is 0 Å². The van der Waals surface area contributed by atoms with E-state index in [4.69, 9.17) is 11.6 Å². The molecule has 0 unspecified atom stereocenters. The van der Waals surface area contributed by atoms with Crippen molar-refractivity contribution < 1.29 is 13.2 Å². The normalized spacial score (nSPS) is 11.6. The van der Waals surface area contributed by atoms with Crippen LogP contribution in [0.1, 0.15) is 42.5 Å². The molecule has 4 nitrogen and oxygen atoms in total. The van der Waals surface area contributed by atoms with E-state index in [1.54, 1.807) is 30.3 Å². The Hall–Kier alpha value is -2.37. The summed E-state index contributed by atoms with van der Waals surface area (Å²) in [5.74, 6) is 0.183. The van der Waals surface area contributed by atoms with E-state index in [2.05, 4.69) is 0 Å². The van der Waals surface area contributed by atoms with Gasteiger partial charge in [-0.25, -0.2) is 8.42 Å². The van der Waals surface area contributed by atoms with Crippen LogP contribution in [-0.4, -0.2) is 34.0 Å². The maximum atomic E-state index is 13.0. The van der Waals surface area contributed by atoms with Crippen molar-refractivity contribution in [2.24, 2.45) is 0 Å². The highest BCUT2D eigenvalue weighted by molar-refractivity contribution is 7.91. The minimum absolute atomic E-state index is 0.0718. The van der Waals surface area contributed by atoms with E-state index in [1.165, 1.54) is 0 Å². The minimum Gasteiger partial charge on any atom is -0.377 e. The van der Waals surface area contributed by atoms with Gasteiger partial charge in [0.05, 0.1) is 10.6 Å². The molecule has 0 spiro atoms. The maximum absolute atomic E-state index is 13.0. The molecular weight excluding hydrogens is 430 g/mol. The Morgan fingerprint density at radius 1 is 0.871 bits per heavy atom. The summed E-state index contributed by atoms with van der Waals surface area (Å²) in [6.07, 6.45) is 3.37. The van der Waals surface area contributed by atoms with Gasteiger partial charge in [0.25, 0.3) is 0 Å². The van der Waals surface area contributed by atoms with Crippen LogP contribution in [0.2, 0.25) is 5.02 Å². The lowest BCUT2D eigenvalue weighted by Crippen LogP contribution is -2.11. The topological polar surface area (TPSA) is 54.5 Å². The Morgan fingerprint density at radius 2 is 1.55 bits per heavy atom. The number of halogens is 1. The molecule has 0 aliphatic carbocycles. The van der Waals surface area contributed by atoms with E-state index in [9.17, 15) is 13.2 Å². The molecule has 3 rings (SSSR count). The van der Waals surface area contributed by atoms with Crippen molar-refractivity contribution in [2.45, 2.75) is 37.0 Å². The molecule has 0 saturated heterocycles. The zero-order valence-corrected chi connectivity index (χ0v) is 19.5. The van der Waals surface area contributed by atoms with E-state index >= 15 is 0 Å². The molecule has 3 aromatic carbocycles. The van der Waals surface area contributed by atoms with Crippen LogP contribution in [0.3, 0.4) is 0 Å². The summed E-state index contributed by atoms with van der Waals surface area (Å²) in [6.45, 7) is 0. The van der Waals surface area contributed by atoms with Crippen molar-refractivity contribution >= 4 is 43.7 Å². The van der Waals surface area contributed by atoms with Crippen molar-refractivity contribution in [1.29, 1.82) is 0 Å². The monoisotopic (exact) mass is 457 g/mol. The van der Waals surface area contributed by atoms with Gasteiger partial charge in [0.2, 0.25) is 0 Å². The van der Waals surface area contributed by atoms with Crippen LogP contribution in [-0.2, 0) is 9.84 Å². The predicted octanol–water partition coefficient (Wildman–Crippen LogP) is 6.17. The molecule has 0 fully saturated rings. The molecule has 0 N–H and O–H groups in total. The van der Waals surface area contributed by atoms with Crippen molar-refractivity contribution in [3.63, 3.8) is 0 Å². The van der Waals surface area contributed by atoms with Crippen LogP contribution in [0, 0.1) is 0 Å². The molecule has 0 saturated carbocycles. The lowest BCUT2D eigenvalue weighted by Gasteiger charge is -2.17. The first-order valence-corrected chi connectivity index (χ1v) is 12.5. The first-order valence-electron chi connectivity index (χ1n) is 10.5. The van der Waals surface area contributed by atoms with Crippen LogP contribution in [0.15, 0.2) is 65.6 Å². The summed E-state index contributed by atoms with van der Waals surface area (Å²) in [4.78, 5) is 14.6. The molecule has 6 heteroatoms. The molecule has 0 aliphatic rings. The second kappa shape index (κ2) is 10.3. The molecule has 0 amide bonds. The van der Waals surface area contributed by atoms with E-state index in [-0.39, 0.29) is 11.5 Å². The van der Waals surface area contributed by atoms with Crippen molar-refractivity contribution in [2.75, 3.05) is 24.7 Å². The summed E-state index contributed by atoms with van der Waals surface area (Å²) in [7, 11) is 0.522. The second-order valence-corrected chi connectivity index (χ2v) is 10.5. The number of anilines is 1. The van der Waals surface area contributed by atoms with Crippen molar-refractivity contribution in [1.82, 2.24) is 0 Å². The summed E-state index contributed by atoms with van der Waals surface area (Å²) >= 11 is 5.93. The molecule has 0 atom stereocenters. The number of unbranched alkanes of at least 4 members (excludes halogenated alkanes) is 3. The summed E-state index contributed by atoms with van der Waals surface area (Å²) < 4.78 is 26.0. The lowest BCUT2D eigenvalue weighted by molar-refractivity contribution is 0.0979. The summed E-state index contributed by atoms with van der Waals surface area (Å²) in [6, 6.07) is 18.2. The average Bonchev–Trinajstić information content (AvgIpc) is 2.75. The Balaban J connectivity index is 1.55. The van der Waals surface area contributed by atoms with Gasteiger partial charge in [0.1, 0.15) is 0 Å². The number of benzene rings is 3. The van der Waals surface area contributed by atoms with Gasteiger partial charge in [-0.1, -0.05) is 60.8 Å². The van der Waals surface area contributed by atoms with E-state index in [0.717, 1.165) is 35.7 Å². The number of carbonyl (C=O) groups excluding carboxylic acids is 1. The number of sulfone groups is 1. The number of carbonyl (C=O) groups is 1.